The van der Waals surface area contributed by atoms with Gasteiger partial charge >= 0.3 is 6.03 Å². The number of carbonyl (C=O) groups excluding carboxylic acids is 1. The molecule has 0 bridgehead atoms. The Labute approximate surface area is 136 Å². The number of hydrogen-bond donors (Lipinski definition) is 1. The van der Waals surface area contributed by atoms with E-state index < -0.39 is 0 Å². The van der Waals surface area contributed by atoms with E-state index in [4.69, 9.17) is 27.6 Å². The molecule has 1 atom stereocenters. The Morgan fingerprint density at radius 3 is 2.90 bits per heavy atom. The number of rotatable bonds is 2. The van der Waals surface area contributed by atoms with Crippen LogP contribution in [0.5, 0.6) is 0 Å². The van der Waals surface area contributed by atoms with Crippen LogP contribution in [-0.4, -0.2) is 23.2 Å². The first-order valence-corrected chi connectivity index (χ1v) is 8.13. The fourth-order valence-electron chi connectivity index (χ4n) is 2.11. The average molecular weight is 343 g/mol. The highest BCUT2D eigenvalue weighted by molar-refractivity contribution is 7.99. The molecule has 110 valence electrons. The molecule has 0 unspecified atom stereocenters. The number of nitrogens with one attached hydrogen (secondary N) is 1. The van der Waals surface area contributed by atoms with Gasteiger partial charge in [-0.05, 0) is 30.3 Å². The summed E-state index contributed by atoms with van der Waals surface area (Å²) in [7, 11) is 0. The number of thioether (sulfide) groups is 1. The summed E-state index contributed by atoms with van der Waals surface area (Å²) in [6.07, 6.45) is 1.61. The first-order chi connectivity index (χ1) is 10.1. The van der Waals surface area contributed by atoms with Crippen LogP contribution in [0.3, 0.4) is 0 Å². The predicted octanol–water partition coefficient (Wildman–Crippen LogP) is 4.87. The minimum Gasteiger partial charge on any atom is -0.466 e. The molecule has 2 heterocycles. The lowest BCUT2D eigenvalue weighted by Gasteiger charge is -2.22. The maximum Gasteiger partial charge on any atom is 0.323 e. The summed E-state index contributed by atoms with van der Waals surface area (Å²) in [5.41, 5.74) is 0.615. The normalized spacial score (nSPS) is 18.0. The summed E-state index contributed by atoms with van der Waals surface area (Å²) in [6, 6.07) is 8.53. The lowest BCUT2D eigenvalue weighted by atomic mass is 10.3. The highest BCUT2D eigenvalue weighted by Crippen LogP contribution is 2.38. The van der Waals surface area contributed by atoms with Gasteiger partial charge < -0.3 is 14.6 Å². The Morgan fingerprint density at radius 2 is 2.19 bits per heavy atom. The van der Waals surface area contributed by atoms with Crippen molar-refractivity contribution in [2.24, 2.45) is 0 Å². The van der Waals surface area contributed by atoms with Crippen molar-refractivity contribution in [1.29, 1.82) is 0 Å². The number of carbonyl (C=O) groups is 1. The van der Waals surface area contributed by atoms with Crippen LogP contribution in [0.25, 0.3) is 0 Å². The van der Waals surface area contributed by atoms with Gasteiger partial charge in [-0.1, -0.05) is 23.2 Å². The molecule has 4 nitrogen and oxygen atoms in total. The van der Waals surface area contributed by atoms with Gasteiger partial charge in [-0.25, -0.2) is 4.79 Å². The second-order valence-electron chi connectivity index (χ2n) is 4.49. The van der Waals surface area contributed by atoms with Gasteiger partial charge in [-0.15, -0.1) is 11.8 Å². The third-order valence-electron chi connectivity index (χ3n) is 3.11. The molecule has 0 saturated carbocycles. The summed E-state index contributed by atoms with van der Waals surface area (Å²) in [5, 5.41) is 3.61. The smallest absolute Gasteiger partial charge is 0.323 e. The molecular weight excluding hydrogens is 331 g/mol. The van der Waals surface area contributed by atoms with Crippen molar-refractivity contribution in [3.05, 3.63) is 52.4 Å². The van der Waals surface area contributed by atoms with Crippen molar-refractivity contribution in [2.45, 2.75) is 5.37 Å². The Morgan fingerprint density at radius 1 is 1.33 bits per heavy atom. The number of urea groups is 1. The molecule has 7 heteroatoms. The van der Waals surface area contributed by atoms with Crippen LogP contribution in [0.1, 0.15) is 11.1 Å². The monoisotopic (exact) mass is 342 g/mol. The van der Waals surface area contributed by atoms with E-state index >= 15 is 0 Å². The molecule has 0 radical (unpaired) electrons. The van der Waals surface area contributed by atoms with Crippen LogP contribution >= 0.6 is 35.0 Å². The number of nitrogens with zero attached hydrogens (tertiary/aromatic N) is 1. The van der Waals surface area contributed by atoms with E-state index in [1.165, 1.54) is 0 Å². The molecule has 1 aromatic carbocycles. The predicted molar refractivity (Wildman–Crippen MR) is 86.1 cm³/mol. The van der Waals surface area contributed by atoms with Crippen LogP contribution in [0.2, 0.25) is 10.0 Å². The maximum atomic E-state index is 12.4. The molecule has 1 aliphatic rings. The zero-order valence-electron chi connectivity index (χ0n) is 10.9. The van der Waals surface area contributed by atoms with E-state index in [9.17, 15) is 4.79 Å². The Hall–Kier alpha value is -1.30. The Balaban J connectivity index is 1.73. The largest absolute Gasteiger partial charge is 0.466 e. The van der Waals surface area contributed by atoms with Crippen molar-refractivity contribution >= 4 is 46.7 Å². The lowest BCUT2D eigenvalue weighted by Crippen LogP contribution is -2.34. The number of amides is 2. The van der Waals surface area contributed by atoms with Crippen molar-refractivity contribution in [2.75, 3.05) is 17.6 Å². The van der Waals surface area contributed by atoms with Crippen molar-refractivity contribution in [1.82, 2.24) is 4.90 Å². The van der Waals surface area contributed by atoms with Gasteiger partial charge in [0.25, 0.3) is 0 Å². The van der Waals surface area contributed by atoms with Gasteiger partial charge in [0, 0.05) is 18.0 Å². The fraction of sp³-hybridized carbons (Fsp3) is 0.214. The first kappa shape index (κ1) is 14.6. The Bertz CT molecular complexity index is 648. The minimum atomic E-state index is -0.181. The lowest BCUT2D eigenvalue weighted by molar-refractivity contribution is 0.210. The van der Waals surface area contributed by atoms with Crippen LogP contribution in [0.15, 0.2) is 41.0 Å². The van der Waals surface area contributed by atoms with Crippen molar-refractivity contribution in [3.8, 4) is 0 Å². The molecule has 3 rings (SSSR count). The summed E-state index contributed by atoms with van der Waals surface area (Å²) >= 11 is 13.5. The van der Waals surface area contributed by atoms with Gasteiger partial charge in [0.1, 0.15) is 11.1 Å². The molecular formula is C14H12Cl2N2O2S. The van der Waals surface area contributed by atoms with Crippen molar-refractivity contribution in [3.63, 3.8) is 0 Å². The standard InChI is InChI=1S/C14H12Cl2N2O2S/c15-10-4-3-9(8-11(10)16)17-14(19)18-5-7-21-13(18)12-2-1-6-20-12/h1-4,6,8,13H,5,7H2,(H,17,19)/t13-/m0/s1. The van der Waals surface area contributed by atoms with Crippen LogP contribution < -0.4 is 5.32 Å². The number of anilines is 1. The second-order valence-corrected chi connectivity index (χ2v) is 6.49. The third kappa shape index (κ3) is 3.15. The van der Waals surface area contributed by atoms with E-state index in [1.54, 1.807) is 41.1 Å². The topological polar surface area (TPSA) is 45.5 Å². The van der Waals surface area contributed by atoms with E-state index in [0.29, 0.717) is 22.3 Å². The van der Waals surface area contributed by atoms with Gasteiger partial charge in [0.05, 0.1) is 16.3 Å². The van der Waals surface area contributed by atoms with E-state index in [0.717, 1.165) is 11.5 Å². The highest BCUT2D eigenvalue weighted by atomic mass is 35.5. The molecule has 1 fully saturated rings. The van der Waals surface area contributed by atoms with Crippen LogP contribution in [-0.2, 0) is 0 Å². The van der Waals surface area contributed by atoms with Gasteiger partial charge in [-0.3, -0.25) is 0 Å². The highest BCUT2D eigenvalue weighted by Gasteiger charge is 2.32. The molecule has 2 amide bonds. The minimum absolute atomic E-state index is 0.0947. The zero-order valence-corrected chi connectivity index (χ0v) is 13.2. The fourth-order valence-corrected chi connectivity index (χ4v) is 3.62. The molecule has 1 aliphatic heterocycles. The SMILES string of the molecule is O=C(Nc1ccc(Cl)c(Cl)c1)N1CCS[C@H]1c1ccco1. The number of benzene rings is 1. The number of hydrogen-bond acceptors (Lipinski definition) is 3. The molecule has 1 N–H and O–H groups in total. The first-order valence-electron chi connectivity index (χ1n) is 6.33. The Kier molecular flexibility index (Phi) is 4.33. The van der Waals surface area contributed by atoms with Gasteiger partial charge in [-0.2, -0.15) is 0 Å². The summed E-state index contributed by atoms with van der Waals surface area (Å²) < 4.78 is 5.40. The molecule has 1 aromatic heterocycles. The molecule has 2 aromatic rings. The summed E-state index contributed by atoms with van der Waals surface area (Å²) in [4.78, 5) is 14.1. The molecule has 21 heavy (non-hydrogen) atoms. The van der Waals surface area contributed by atoms with Gasteiger partial charge in [0.15, 0.2) is 0 Å². The van der Waals surface area contributed by atoms with E-state index in [1.807, 2.05) is 12.1 Å². The molecule has 0 aliphatic carbocycles. The maximum absolute atomic E-state index is 12.4. The third-order valence-corrected chi connectivity index (χ3v) is 5.07. The molecule has 0 spiro atoms. The molecule has 1 saturated heterocycles. The second kappa shape index (κ2) is 6.22. The van der Waals surface area contributed by atoms with Gasteiger partial charge in [0.2, 0.25) is 0 Å². The summed E-state index contributed by atoms with van der Waals surface area (Å²) in [6.45, 7) is 0.670. The van der Waals surface area contributed by atoms with E-state index in [-0.39, 0.29) is 11.4 Å². The van der Waals surface area contributed by atoms with Crippen LogP contribution in [0.4, 0.5) is 10.5 Å². The van der Waals surface area contributed by atoms with E-state index in [2.05, 4.69) is 5.32 Å². The number of halogens is 2. The average Bonchev–Trinajstić information content (AvgIpc) is 3.12. The zero-order chi connectivity index (χ0) is 14.8. The number of furan rings is 1. The van der Waals surface area contributed by atoms with Crippen LogP contribution in [0, 0.1) is 0 Å². The van der Waals surface area contributed by atoms with Crippen molar-refractivity contribution < 1.29 is 9.21 Å². The summed E-state index contributed by atoms with van der Waals surface area (Å²) in [5.74, 6) is 1.65. The quantitative estimate of drug-likeness (QED) is 0.846.